The highest BCUT2D eigenvalue weighted by Gasteiger charge is 2.09. The molecule has 116 valence electrons. The van der Waals surface area contributed by atoms with Gasteiger partial charge in [0.25, 0.3) is 0 Å². The molecule has 0 aromatic heterocycles. The Hall–Kier alpha value is -1.88. The van der Waals surface area contributed by atoms with E-state index < -0.39 is 0 Å². The molecular weight excluding hydrogens is 266 g/mol. The smallest absolute Gasteiger partial charge is 0.233 e. The summed E-state index contributed by atoms with van der Waals surface area (Å²) in [5.41, 5.74) is 1.93. The monoisotopic (exact) mass is 291 g/mol. The number of nitrogens with zero attached hydrogens (tertiary/aromatic N) is 1. The number of carbonyl (C=O) groups excluding carboxylic acids is 2. The molecule has 1 aromatic rings. The summed E-state index contributed by atoms with van der Waals surface area (Å²) in [6.45, 7) is 5.53. The maximum Gasteiger partial charge on any atom is 0.233 e. The van der Waals surface area contributed by atoms with E-state index in [1.54, 1.807) is 0 Å². The SMILES string of the molecule is CC(C)c1ccc(NC(=O)CC(=O)NCCN(C)C)cc1. The highest BCUT2D eigenvalue weighted by Crippen LogP contribution is 2.17. The Morgan fingerprint density at radius 1 is 1.10 bits per heavy atom. The van der Waals surface area contributed by atoms with Gasteiger partial charge in [-0.1, -0.05) is 26.0 Å². The molecule has 0 heterocycles. The Labute approximate surface area is 126 Å². The quantitative estimate of drug-likeness (QED) is 0.753. The average Bonchev–Trinajstić information content (AvgIpc) is 2.38. The first-order chi connectivity index (χ1) is 9.88. The third-order valence-electron chi connectivity index (χ3n) is 3.06. The second-order valence-electron chi connectivity index (χ2n) is 5.65. The second kappa shape index (κ2) is 8.42. The van der Waals surface area contributed by atoms with Crippen LogP contribution in [0.5, 0.6) is 0 Å². The minimum absolute atomic E-state index is 0.153. The molecule has 5 heteroatoms. The normalized spacial score (nSPS) is 10.8. The van der Waals surface area contributed by atoms with Crippen LogP contribution in [0, 0.1) is 0 Å². The van der Waals surface area contributed by atoms with Gasteiger partial charge in [-0.25, -0.2) is 0 Å². The fraction of sp³-hybridized carbons (Fsp3) is 0.500. The summed E-state index contributed by atoms with van der Waals surface area (Å²) >= 11 is 0. The molecule has 0 spiro atoms. The maximum absolute atomic E-state index is 11.8. The number of amides is 2. The number of rotatable bonds is 7. The van der Waals surface area contributed by atoms with Gasteiger partial charge in [0.1, 0.15) is 6.42 Å². The first-order valence-electron chi connectivity index (χ1n) is 7.19. The molecule has 0 bridgehead atoms. The molecule has 0 radical (unpaired) electrons. The van der Waals surface area contributed by atoms with E-state index in [1.165, 1.54) is 5.56 Å². The van der Waals surface area contributed by atoms with Crippen molar-refractivity contribution in [3.63, 3.8) is 0 Å². The molecule has 2 amide bonds. The Morgan fingerprint density at radius 3 is 2.24 bits per heavy atom. The van der Waals surface area contributed by atoms with Crippen molar-refractivity contribution in [2.75, 3.05) is 32.5 Å². The summed E-state index contributed by atoms with van der Waals surface area (Å²) < 4.78 is 0. The van der Waals surface area contributed by atoms with Crippen molar-refractivity contribution < 1.29 is 9.59 Å². The van der Waals surface area contributed by atoms with Gasteiger partial charge in [-0.05, 0) is 37.7 Å². The van der Waals surface area contributed by atoms with Gasteiger partial charge in [0.05, 0.1) is 0 Å². The molecule has 0 unspecified atom stereocenters. The molecule has 0 saturated carbocycles. The van der Waals surface area contributed by atoms with Crippen LogP contribution in [0.4, 0.5) is 5.69 Å². The zero-order chi connectivity index (χ0) is 15.8. The van der Waals surface area contributed by atoms with E-state index in [4.69, 9.17) is 0 Å². The fourth-order valence-electron chi connectivity index (χ4n) is 1.78. The zero-order valence-electron chi connectivity index (χ0n) is 13.3. The Kier molecular flexibility index (Phi) is 6.88. The van der Waals surface area contributed by atoms with Crippen LogP contribution in [0.2, 0.25) is 0 Å². The van der Waals surface area contributed by atoms with Crippen LogP contribution in [-0.2, 0) is 9.59 Å². The first kappa shape index (κ1) is 17.2. The van der Waals surface area contributed by atoms with E-state index in [0.29, 0.717) is 18.2 Å². The summed E-state index contributed by atoms with van der Waals surface area (Å²) in [6, 6.07) is 7.68. The number of likely N-dealkylation sites (N-methyl/N-ethyl adjacent to an activating group) is 1. The largest absolute Gasteiger partial charge is 0.354 e. The molecule has 0 saturated heterocycles. The fourth-order valence-corrected chi connectivity index (χ4v) is 1.78. The van der Waals surface area contributed by atoms with Crippen molar-refractivity contribution in [2.24, 2.45) is 0 Å². The van der Waals surface area contributed by atoms with Crippen molar-refractivity contribution in [3.05, 3.63) is 29.8 Å². The van der Waals surface area contributed by atoms with Crippen LogP contribution in [-0.4, -0.2) is 43.9 Å². The summed E-state index contributed by atoms with van der Waals surface area (Å²) in [4.78, 5) is 25.3. The lowest BCUT2D eigenvalue weighted by Crippen LogP contribution is -2.33. The predicted molar refractivity (Wildman–Crippen MR) is 85.3 cm³/mol. The van der Waals surface area contributed by atoms with E-state index in [1.807, 2.05) is 43.3 Å². The Bertz CT molecular complexity index is 467. The lowest BCUT2D eigenvalue weighted by Gasteiger charge is -2.11. The molecule has 0 aliphatic carbocycles. The zero-order valence-corrected chi connectivity index (χ0v) is 13.3. The second-order valence-corrected chi connectivity index (χ2v) is 5.65. The topological polar surface area (TPSA) is 61.4 Å². The van der Waals surface area contributed by atoms with Crippen LogP contribution < -0.4 is 10.6 Å². The van der Waals surface area contributed by atoms with Crippen LogP contribution in [0.15, 0.2) is 24.3 Å². The molecule has 5 nitrogen and oxygen atoms in total. The highest BCUT2D eigenvalue weighted by molar-refractivity contribution is 6.03. The Balaban J connectivity index is 2.37. The molecule has 21 heavy (non-hydrogen) atoms. The molecular formula is C16H25N3O2. The van der Waals surface area contributed by atoms with E-state index in [2.05, 4.69) is 24.5 Å². The van der Waals surface area contributed by atoms with Gasteiger partial charge in [-0.15, -0.1) is 0 Å². The molecule has 0 fully saturated rings. The number of nitrogens with one attached hydrogen (secondary N) is 2. The minimum atomic E-state index is -0.297. The van der Waals surface area contributed by atoms with E-state index in [0.717, 1.165) is 6.54 Å². The van der Waals surface area contributed by atoms with Crippen molar-refractivity contribution in [1.29, 1.82) is 0 Å². The number of anilines is 1. The minimum Gasteiger partial charge on any atom is -0.354 e. The lowest BCUT2D eigenvalue weighted by atomic mass is 10.0. The third-order valence-corrected chi connectivity index (χ3v) is 3.06. The molecule has 0 aliphatic heterocycles. The standard InChI is InChI=1S/C16H25N3O2/c1-12(2)13-5-7-14(8-6-13)18-16(21)11-15(20)17-9-10-19(3)4/h5-8,12H,9-11H2,1-4H3,(H,17,20)(H,18,21). The van der Waals surface area contributed by atoms with Crippen LogP contribution in [0.25, 0.3) is 0 Å². The number of hydrogen-bond acceptors (Lipinski definition) is 3. The van der Waals surface area contributed by atoms with Crippen LogP contribution >= 0.6 is 0 Å². The van der Waals surface area contributed by atoms with Gasteiger partial charge in [0.2, 0.25) is 11.8 Å². The van der Waals surface area contributed by atoms with Crippen LogP contribution in [0.3, 0.4) is 0 Å². The maximum atomic E-state index is 11.8. The van der Waals surface area contributed by atoms with Crippen molar-refractivity contribution in [3.8, 4) is 0 Å². The summed E-state index contributed by atoms with van der Waals surface area (Å²) in [5, 5.41) is 5.44. The summed E-state index contributed by atoms with van der Waals surface area (Å²) in [5.74, 6) is -0.0972. The Morgan fingerprint density at radius 2 is 1.71 bits per heavy atom. The predicted octanol–water partition coefficient (Wildman–Crippen LogP) is 1.82. The van der Waals surface area contributed by atoms with Crippen molar-refractivity contribution in [2.45, 2.75) is 26.2 Å². The summed E-state index contributed by atoms with van der Waals surface area (Å²) in [7, 11) is 3.86. The number of hydrogen-bond donors (Lipinski definition) is 2. The van der Waals surface area contributed by atoms with Gasteiger partial charge >= 0.3 is 0 Å². The molecule has 0 atom stereocenters. The van der Waals surface area contributed by atoms with Gasteiger partial charge < -0.3 is 15.5 Å². The van der Waals surface area contributed by atoms with E-state index in [-0.39, 0.29) is 18.2 Å². The number of carbonyl (C=O) groups is 2. The van der Waals surface area contributed by atoms with Crippen LogP contribution in [0.1, 0.15) is 31.7 Å². The lowest BCUT2D eigenvalue weighted by molar-refractivity contribution is -0.126. The average molecular weight is 291 g/mol. The van der Waals surface area contributed by atoms with Gasteiger partial charge in [0.15, 0.2) is 0 Å². The third kappa shape index (κ3) is 6.90. The van der Waals surface area contributed by atoms with E-state index >= 15 is 0 Å². The molecule has 2 N–H and O–H groups in total. The van der Waals surface area contributed by atoms with Gasteiger partial charge in [-0.3, -0.25) is 9.59 Å². The molecule has 0 aliphatic rings. The van der Waals surface area contributed by atoms with Crippen molar-refractivity contribution >= 4 is 17.5 Å². The highest BCUT2D eigenvalue weighted by atomic mass is 16.2. The number of benzene rings is 1. The van der Waals surface area contributed by atoms with Gasteiger partial charge in [0, 0.05) is 18.8 Å². The molecule has 1 rings (SSSR count). The van der Waals surface area contributed by atoms with Crippen molar-refractivity contribution in [1.82, 2.24) is 10.2 Å². The van der Waals surface area contributed by atoms with Gasteiger partial charge in [-0.2, -0.15) is 0 Å². The summed E-state index contributed by atoms with van der Waals surface area (Å²) in [6.07, 6.45) is -0.153. The molecule has 1 aromatic carbocycles. The van der Waals surface area contributed by atoms with E-state index in [9.17, 15) is 9.59 Å². The first-order valence-corrected chi connectivity index (χ1v) is 7.19.